The molecule has 0 amide bonds. The molecule has 0 spiro atoms. The summed E-state index contributed by atoms with van der Waals surface area (Å²) in [5.41, 5.74) is -0.976. The first-order valence-corrected chi connectivity index (χ1v) is 9.10. The lowest BCUT2D eigenvalue weighted by molar-refractivity contribution is -0.333. The normalized spacial score (nSPS) is 14.0. The van der Waals surface area contributed by atoms with Crippen molar-refractivity contribution in [3.8, 4) is 0 Å². The highest BCUT2D eigenvalue weighted by molar-refractivity contribution is 5.81. The standard InChI is InChI=1S/C18H30F4O5/c1-5-6-7-8-9-10-11-17(19,20)18(21,22)26-14(24)12-13(23)15(25)27-16(2,3)4/h13,23H,5-12H2,1-4H3. The van der Waals surface area contributed by atoms with Gasteiger partial charge in [0.25, 0.3) is 0 Å². The maximum absolute atomic E-state index is 13.7. The number of rotatable bonds is 12. The quantitative estimate of drug-likeness (QED) is 0.293. The molecule has 0 aromatic carbocycles. The molecule has 160 valence electrons. The van der Waals surface area contributed by atoms with Gasteiger partial charge >= 0.3 is 24.0 Å². The molecule has 0 aromatic heterocycles. The van der Waals surface area contributed by atoms with E-state index in [1.54, 1.807) is 0 Å². The number of aliphatic hydroxyl groups excluding tert-OH is 1. The number of hydrogen-bond acceptors (Lipinski definition) is 5. The molecule has 0 radical (unpaired) electrons. The maximum Gasteiger partial charge on any atom is 0.466 e. The first-order chi connectivity index (χ1) is 12.2. The average Bonchev–Trinajstić information content (AvgIpc) is 2.48. The molecule has 9 heteroatoms. The van der Waals surface area contributed by atoms with E-state index in [-0.39, 0.29) is 6.42 Å². The Morgan fingerprint density at radius 3 is 1.96 bits per heavy atom. The predicted octanol–water partition coefficient (Wildman–Crippen LogP) is 4.60. The summed E-state index contributed by atoms with van der Waals surface area (Å²) in [6.07, 6.45) is -5.79. The van der Waals surface area contributed by atoms with E-state index in [1.807, 2.05) is 6.92 Å². The third-order valence-electron chi connectivity index (χ3n) is 3.55. The van der Waals surface area contributed by atoms with Crippen LogP contribution in [0.25, 0.3) is 0 Å². The van der Waals surface area contributed by atoms with E-state index in [9.17, 15) is 32.3 Å². The Balaban J connectivity index is 4.51. The first kappa shape index (κ1) is 25.6. The van der Waals surface area contributed by atoms with Crippen LogP contribution in [-0.4, -0.2) is 40.8 Å². The van der Waals surface area contributed by atoms with Gasteiger partial charge in [0.15, 0.2) is 6.10 Å². The summed E-state index contributed by atoms with van der Waals surface area (Å²) >= 11 is 0. The molecule has 0 heterocycles. The molecule has 1 unspecified atom stereocenters. The molecule has 1 atom stereocenters. The molecule has 0 bridgehead atoms. The van der Waals surface area contributed by atoms with E-state index in [2.05, 4.69) is 4.74 Å². The predicted molar refractivity (Wildman–Crippen MR) is 90.4 cm³/mol. The maximum atomic E-state index is 13.7. The second-order valence-corrected chi connectivity index (χ2v) is 7.47. The van der Waals surface area contributed by atoms with Crippen LogP contribution in [-0.2, 0) is 19.1 Å². The highest BCUT2D eigenvalue weighted by atomic mass is 19.3. The van der Waals surface area contributed by atoms with E-state index < -0.39 is 48.5 Å². The van der Waals surface area contributed by atoms with Crippen LogP contribution in [0.15, 0.2) is 0 Å². The molecule has 0 saturated heterocycles. The van der Waals surface area contributed by atoms with E-state index in [4.69, 9.17) is 4.74 Å². The Hall–Kier alpha value is -1.38. The van der Waals surface area contributed by atoms with Gasteiger partial charge in [0.05, 0.1) is 6.42 Å². The fourth-order valence-corrected chi connectivity index (χ4v) is 2.14. The number of aliphatic hydroxyl groups is 1. The third-order valence-corrected chi connectivity index (χ3v) is 3.55. The highest BCUT2D eigenvalue weighted by Gasteiger charge is 2.59. The van der Waals surface area contributed by atoms with Crippen LogP contribution >= 0.6 is 0 Å². The summed E-state index contributed by atoms with van der Waals surface area (Å²) < 4.78 is 62.9. The summed E-state index contributed by atoms with van der Waals surface area (Å²) in [5.74, 6) is -7.59. The van der Waals surface area contributed by atoms with E-state index in [0.717, 1.165) is 19.3 Å². The molecule has 27 heavy (non-hydrogen) atoms. The van der Waals surface area contributed by atoms with Gasteiger partial charge < -0.3 is 14.6 Å². The Labute approximate surface area is 157 Å². The molecular formula is C18H30F4O5. The number of esters is 2. The van der Waals surface area contributed by atoms with Crippen molar-refractivity contribution in [1.29, 1.82) is 0 Å². The molecule has 0 aliphatic carbocycles. The molecule has 0 fully saturated rings. The van der Waals surface area contributed by atoms with Gasteiger partial charge in [0.1, 0.15) is 5.60 Å². The Kier molecular flexibility index (Phi) is 10.3. The minimum atomic E-state index is -5.03. The summed E-state index contributed by atoms with van der Waals surface area (Å²) in [5, 5.41) is 9.49. The lowest BCUT2D eigenvalue weighted by atomic mass is 10.1. The van der Waals surface area contributed by atoms with Crippen LogP contribution in [0.5, 0.6) is 0 Å². The van der Waals surface area contributed by atoms with Gasteiger partial charge in [-0.05, 0) is 27.2 Å². The van der Waals surface area contributed by atoms with Gasteiger partial charge in [-0.2, -0.15) is 17.6 Å². The van der Waals surface area contributed by atoms with Crippen LogP contribution in [0.3, 0.4) is 0 Å². The molecule has 0 aliphatic heterocycles. The van der Waals surface area contributed by atoms with Crippen molar-refractivity contribution in [1.82, 2.24) is 0 Å². The van der Waals surface area contributed by atoms with Crippen LogP contribution in [0.1, 0.15) is 79.1 Å². The second-order valence-electron chi connectivity index (χ2n) is 7.47. The van der Waals surface area contributed by atoms with Crippen molar-refractivity contribution in [3.63, 3.8) is 0 Å². The van der Waals surface area contributed by atoms with Crippen LogP contribution < -0.4 is 0 Å². The summed E-state index contributed by atoms with van der Waals surface area (Å²) in [7, 11) is 0. The largest absolute Gasteiger partial charge is 0.466 e. The number of halogens is 4. The highest BCUT2D eigenvalue weighted by Crippen LogP contribution is 2.39. The minimum Gasteiger partial charge on any atom is -0.458 e. The molecule has 5 nitrogen and oxygen atoms in total. The van der Waals surface area contributed by atoms with Crippen molar-refractivity contribution in [2.75, 3.05) is 0 Å². The van der Waals surface area contributed by atoms with Gasteiger partial charge in [-0.3, -0.25) is 4.79 Å². The number of unbranched alkanes of at least 4 members (excludes halogenated alkanes) is 5. The van der Waals surface area contributed by atoms with Gasteiger partial charge in [-0.15, -0.1) is 0 Å². The molecule has 1 N–H and O–H groups in total. The number of carbonyl (C=O) groups is 2. The zero-order valence-corrected chi connectivity index (χ0v) is 16.3. The van der Waals surface area contributed by atoms with Crippen molar-refractivity contribution >= 4 is 11.9 Å². The minimum absolute atomic E-state index is 0.135. The van der Waals surface area contributed by atoms with E-state index >= 15 is 0 Å². The zero-order valence-electron chi connectivity index (χ0n) is 16.3. The van der Waals surface area contributed by atoms with Crippen LogP contribution in [0.2, 0.25) is 0 Å². The van der Waals surface area contributed by atoms with Crippen molar-refractivity contribution in [2.24, 2.45) is 0 Å². The second kappa shape index (κ2) is 10.8. The van der Waals surface area contributed by atoms with Crippen LogP contribution in [0.4, 0.5) is 17.6 Å². The Morgan fingerprint density at radius 1 is 0.926 bits per heavy atom. The Bertz CT molecular complexity index is 475. The lowest BCUT2D eigenvalue weighted by Gasteiger charge is -2.26. The number of carbonyl (C=O) groups excluding carboxylic acids is 2. The molecule has 0 rings (SSSR count). The van der Waals surface area contributed by atoms with Crippen molar-refractivity contribution in [2.45, 2.75) is 103 Å². The van der Waals surface area contributed by atoms with Gasteiger partial charge in [-0.25, -0.2) is 4.79 Å². The molecule has 0 saturated carbocycles. The van der Waals surface area contributed by atoms with E-state index in [1.165, 1.54) is 20.8 Å². The zero-order chi connectivity index (χ0) is 21.3. The summed E-state index contributed by atoms with van der Waals surface area (Å²) in [6, 6.07) is 0. The SMILES string of the molecule is CCCCCCCCC(F)(F)C(F)(F)OC(=O)CC(O)C(=O)OC(C)(C)C. The first-order valence-electron chi connectivity index (χ1n) is 9.10. The van der Waals surface area contributed by atoms with Crippen molar-refractivity contribution in [3.05, 3.63) is 0 Å². The lowest BCUT2D eigenvalue weighted by Crippen LogP contribution is -2.45. The number of ether oxygens (including phenoxy) is 2. The van der Waals surface area contributed by atoms with E-state index in [0.29, 0.717) is 12.8 Å². The summed E-state index contributed by atoms with van der Waals surface area (Å²) in [6.45, 7) is 6.47. The molecular weight excluding hydrogens is 372 g/mol. The molecule has 0 aliphatic rings. The van der Waals surface area contributed by atoms with Crippen LogP contribution in [0, 0.1) is 0 Å². The number of alkyl halides is 4. The Morgan fingerprint density at radius 2 is 1.44 bits per heavy atom. The topological polar surface area (TPSA) is 72.8 Å². The average molecular weight is 402 g/mol. The molecule has 0 aromatic rings. The van der Waals surface area contributed by atoms with Gasteiger partial charge in [0.2, 0.25) is 0 Å². The summed E-state index contributed by atoms with van der Waals surface area (Å²) in [4.78, 5) is 22.9. The monoisotopic (exact) mass is 402 g/mol. The van der Waals surface area contributed by atoms with Gasteiger partial charge in [0, 0.05) is 6.42 Å². The van der Waals surface area contributed by atoms with Crippen molar-refractivity contribution < 1.29 is 41.7 Å². The smallest absolute Gasteiger partial charge is 0.458 e. The van der Waals surface area contributed by atoms with Gasteiger partial charge in [-0.1, -0.05) is 39.0 Å². The fraction of sp³-hybridized carbons (Fsp3) is 0.889. The number of hydrogen-bond donors (Lipinski definition) is 1. The fourth-order valence-electron chi connectivity index (χ4n) is 2.14. The third kappa shape index (κ3) is 10.5.